The van der Waals surface area contributed by atoms with Gasteiger partial charge in [0.25, 0.3) is 0 Å². The molecule has 1 aliphatic heterocycles. The van der Waals surface area contributed by atoms with Crippen molar-refractivity contribution in [1.29, 1.82) is 0 Å². The maximum Gasteiger partial charge on any atom is 0.407 e. The Morgan fingerprint density at radius 1 is 1.50 bits per heavy atom. The zero-order valence-corrected chi connectivity index (χ0v) is 16.0. The van der Waals surface area contributed by atoms with E-state index in [1.165, 1.54) is 0 Å². The molecule has 0 fully saturated rings. The molecule has 1 heterocycles. The molecule has 0 aromatic heterocycles. The molecule has 1 amide bonds. The number of hydrogen-bond donors (Lipinski definition) is 2. The molecule has 9 heteroatoms. The summed E-state index contributed by atoms with van der Waals surface area (Å²) < 4.78 is 6.10. The number of hydrogen-bond acceptors (Lipinski definition) is 5. The SMILES string of the molecule is CC(C)(C)[Si](C)(C)OCC1C=C(CC[N+](=O)[O-])C(O)CN1C(=O)O. The maximum atomic E-state index is 11.4. The summed E-state index contributed by atoms with van der Waals surface area (Å²) in [5, 5.41) is 29.9. The molecular formula is C15H28N2O6Si. The first-order chi connectivity index (χ1) is 10.8. The summed E-state index contributed by atoms with van der Waals surface area (Å²) in [6.45, 7) is 10.2. The van der Waals surface area contributed by atoms with Gasteiger partial charge in [0.15, 0.2) is 8.32 Å². The van der Waals surface area contributed by atoms with Crippen LogP contribution in [-0.2, 0) is 4.43 Å². The van der Waals surface area contributed by atoms with Crippen LogP contribution in [0.3, 0.4) is 0 Å². The van der Waals surface area contributed by atoms with Crippen molar-refractivity contribution in [3.63, 3.8) is 0 Å². The molecule has 0 aromatic rings. The predicted octanol–water partition coefficient (Wildman–Crippen LogP) is 2.32. The van der Waals surface area contributed by atoms with Crippen LogP contribution in [0, 0.1) is 10.1 Å². The lowest BCUT2D eigenvalue weighted by Crippen LogP contribution is -2.51. The summed E-state index contributed by atoms with van der Waals surface area (Å²) in [7, 11) is -2.05. The smallest absolute Gasteiger partial charge is 0.407 e. The highest BCUT2D eigenvalue weighted by Gasteiger charge is 2.39. The Kier molecular flexibility index (Phi) is 6.54. The Labute approximate surface area is 143 Å². The van der Waals surface area contributed by atoms with E-state index in [0.717, 1.165) is 4.90 Å². The first-order valence-electron chi connectivity index (χ1n) is 7.99. The summed E-state index contributed by atoms with van der Waals surface area (Å²) in [4.78, 5) is 22.7. The van der Waals surface area contributed by atoms with Crippen molar-refractivity contribution in [2.45, 2.75) is 57.5 Å². The van der Waals surface area contributed by atoms with E-state index in [2.05, 4.69) is 33.9 Å². The summed E-state index contributed by atoms with van der Waals surface area (Å²) in [6, 6.07) is -0.540. The zero-order chi connectivity index (χ0) is 18.7. The Morgan fingerprint density at radius 3 is 2.54 bits per heavy atom. The lowest BCUT2D eigenvalue weighted by molar-refractivity contribution is -0.479. The normalized spacial score (nSPS) is 22.2. The van der Waals surface area contributed by atoms with Gasteiger partial charge in [-0.3, -0.25) is 15.0 Å². The Bertz CT molecular complexity index is 515. The van der Waals surface area contributed by atoms with Gasteiger partial charge in [-0.25, -0.2) is 4.79 Å². The molecule has 0 aromatic carbocycles. The summed E-state index contributed by atoms with van der Waals surface area (Å²) in [5.41, 5.74) is 0.507. The Hall–Kier alpha value is -1.45. The number of rotatable bonds is 6. The molecule has 0 aliphatic carbocycles. The van der Waals surface area contributed by atoms with E-state index in [1.807, 2.05) is 0 Å². The molecule has 24 heavy (non-hydrogen) atoms. The third-order valence-corrected chi connectivity index (χ3v) is 9.36. The van der Waals surface area contributed by atoms with Crippen LogP contribution in [0.2, 0.25) is 18.1 Å². The quantitative estimate of drug-likeness (QED) is 0.325. The fourth-order valence-electron chi connectivity index (χ4n) is 2.23. The minimum atomic E-state index is -2.05. The molecule has 2 N–H and O–H groups in total. The minimum absolute atomic E-state index is 0.00655. The molecule has 0 saturated heterocycles. The lowest BCUT2D eigenvalue weighted by Gasteiger charge is -2.40. The Balaban J connectivity index is 2.92. The van der Waals surface area contributed by atoms with E-state index in [1.54, 1.807) is 6.08 Å². The van der Waals surface area contributed by atoms with E-state index >= 15 is 0 Å². The number of amides is 1. The van der Waals surface area contributed by atoms with Crippen LogP contribution in [0.1, 0.15) is 27.2 Å². The van der Waals surface area contributed by atoms with Gasteiger partial charge in [-0.15, -0.1) is 0 Å². The van der Waals surface area contributed by atoms with Gasteiger partial charge in [0.05, 0.1) is 25.3 Å². The van der Waals surface area contributed by atoms with Crippen LogP contribution in [0.5, 0.6) is 0 Å². The second-order valence-corrected chi connectivity index (χ2v) is 12.4. The first kappa shape index (κ1) is 20.6. The van der Waals surface area contributed by atoms with Crippen LogP contribution in [0.25, 0.3) is 0 Å². The summed E-state index contributed by atoms with van der Waals surface area (Å²) in [6.07, 6.45) is -0.426. The van der Waals surface area contributed by atoms with Crippen LogP contribution in [0.15, 0.2) is 11.6 Å². The number of aliphatic hydroxyl groups is 1. The van der Waals surface area contributed by atoms with Crippen molar-refractivity contribution in [1.82, 2.24) is 4.90 Å². The minimum Gasteiger partial charge on any atom is -0.465 e. The number of β-amino-alcohol motifs (C(OH)–C–C–N with tert-alkyl or cyclic N) is 1. The maximum absolute atomic E-state index is 11.4. The highest BCUT2D eigenvalue weighted by Crippen LogP contribution is 2.37. The van der Waals surface area contributed by atoms with Crippen molar-refractivity contribution in [2.24, 2.45) is 0 Å². The fourth-order valence-corrected chi connectivity index (χ4v) is 3.25. The topological polar surface area (TPSA) is 113 Å². The van der Waals surface area contributed by atoms with Gasteiger partial charge < -0.3 is 14.6 Å². The van der Waals surface area contributed by atoms with E-state index in [4.69, 9.17) is 4.43 Å². The molecule has 0 bridgehead atoms. The second-order valence-electron chi connectivity index (χ2n) is 7.64. The third-order valence-electron chi connectivity index (χ3n) is 4.85. The second kappa shape index (κ2) is 7.62. The number of carbonyl (C=O) groups is 1. The van der Waals surface area contributed by atoms with Crippen molar-refractivity contribution >= 4 is 14.4 Å². The molecule has 0 radical (unpaired) electrons. The number of nitro groups is 1. The van der Waals surface area contributed by atoms with Gasteiger partial charge in [-0.2, -0.15) is 0 Å². The van der Waals surface area contributed by atoms with Gasteiger partial charge in [-0.1, -0.05) is 26.8 Å². The Morgan fingerprint density at radius 2 is 2.08 bits per heavy atom. The van der Waals surface area contributed by atoms with Crippen LogP contribution in [-0.4, -0.2) is 66.3 Å². The average molecular weight is 360 g/mol. The molecule has 1 aliphatic rings. The molecule has 0 spiro atoms. The molecule has 2 atom stereocenters. The molecule has 8 nitrogen and oxygen atoms in total. The molecule has 2 unspecified atom stereocenters. The molecule has 138 valence electrons. The lowest BCUT2D eigenvalue weighted by atomic mass is 9.98. The highest BCUT2D eigenvalue weighted by atomic mass is 28.4. The van der Waals surface area contributed by atoms with E-state index in [9.17, 15) is 25.1 Å². The average Bonchev–Trinajstić information content (AvgIpc) is 2.42. The third kappa shape index (κ3) is 5.28. The van der Waals surface area contributed by atoms with E-state index < -0.39 is 31.5 Å². The van der Waals surface area contributed by atoms with Crippen molar-refractivity contribution < 1.29 is 24.4 Å². The summed E-state index contributed by atoms with van der Waals surface area (Å²) >= 11 is 0. The van der Waals surface area contributed by atoms with Gasteiger partial charge in [0, 0.05) is 11.3 Å². The fraction of sp³-hybridized carbons (Fsp3) is 0.800. The van der Waals surface area contributed by atoms with Crippen LogP contribution in [0.4, 0.5) is 4.79 Å². The highest BCUT2D eigenvalue weighted by molar-refractivity contribution is 6.74. The van der Waals surface area contributed by atoms with Crippen molar-refractivity contribution in [3.05, 3.63) is 21.8 Å². The summed E-state index contributed by atoms with van der Waals surface area (Å²) in [5.74, 6) is 0. The van der Waals surface area contributed by atoms with E-state index in [0.29, 0.717) is 5.57 Å². The van der Waals surface area contributed by atoms with Gasteiger partial charge in [0.1, 0.15) is 0 Å². The van der Waals surface area contributed by atoms with Gasteiger partial charge in [-0.05, 0) is 23.7 Å². The number of aliphatic hydroxyl groups excluding tert-OH is 1. The number of carboxylic acid groups (broad SMARTS) is 1. The van der Waals surface area contributed by atoms with Crippen LogP contribution < -0.4 is 0 Å². The molecular weight excluding hydrogens is 332 g/mol. The molecule has 0 saturated carbocycles. The number of nitrogens with zero attached hydrogens (tertiary/aromatic N) is 2. The first-order valence-corrected chi connectivity index (χ1v) is 10.9. The zero-order valence-electron chi connectivity index (χ0n) is 15.0. The van der Waals surface area contributed by atoms with Crippen molar-refractivity contribution in [2.75, 3.05) is 19.7 Å². The largest absolute Gasteiger partial charge is 0.465 e. The van der Waals surface area contributed by atoms with Gasteiger partial charge >= 0.3 is 6.09 Å². The van der Waals surface area contributed by atoms with E-state index in [-0.39, 0.29) is 31.2 Å². The van der Waals surface area contributed by atoms with Gasteiger partial charge in [0.2, 0.25) is 6.54 Å². The standard InChI is InChI=1S/C15H28N2O6Si/c1-15(2,3)24(4,5)23-10-12-8-11(6-7-17(21)22)13(18)9-16(12)14(19)20/h8,12-13,18H,6-7,9-10H2,1-5H3,(H,19,20). The van der Waals surface area contributed by atoms with Crippen molar-refractivity contribution in [3.8, 4) is 0 Å². The van der Waals surface area contributed by atoms with Crippen LogP contribution >= 0.6 is 0 Å². The molecule has 1 rings (SSSR count). The predicted molar refractivity (Wildman–Crippen MR) is 92.2 cm³/mol. The monoisotopic (exact) mass is 360 g/mol.